The van der Waals surface area contributed by atoms with Gasteiger partial charge in [-0.15, -0.1) is 11.3 Å². The van der Waals surface area contributed by atoms with Crippen LogP contribution < -0.4 is 5.32 Å². The number of hydrogen-bond donors (Lipinski definition) is 1. The summed E-state index contributed by atoms with van der Waals surface area (Å²) < 4.78 is 2.24. The van der Waals surface area contributed by atoms with Crippen LogP contribution in [0.25, 0.3) is 26.4 Å². The van der Waals surface area contributed by atoms with Gasteiger partial charge in [0.1, 0.15) is 10.3 Å². The van der Waals surface area contributed by atoms with Crippen LogP contribution in [-0.4, -0.2) is 45.4 Å². The van der Waals surface area contributed by atoms with Gasteiger partial charge in [-0.05, 0) is 44.5 Å². The van der Waals surface area contributed by atoms with Crippen LogP contribution in [0.3, 0.4) is 0 Å². The Kier molecular flexibility index (Phi) is 4.74. The molecule has 0 radical (unpaired) electrons. The number of likely N-dealkylation sites (tertiary alicyclic amines) is 1. The molecule has 0 bridgehead atoms. The van der Waals surface area contributed by atoms with Gasteiger partial charge in [-0.2, -0.15) is 0 Å². The Morgan fingerprint density at radius 3 is 2.75 bits per heavy atom. The summed E-state index contributed by atoms with van der Waals surface area (Å²) in [5.41, 5.74) is 4.32. The number of hydrogen-bond acceptors (Lipinski definition) is 5. The van der Waals surface area contributed by atoms with E-state index in [0.717, 1.165) is 40.6 Å². The summed E-state index contributed by atoms with van der Waals surface area (Å²) in [7, 11) is 0. The van der Waals surface area contributed by atoms with E-state index < -0.39 is 0 Å². The van der Waals surface area contributed by atoms with Crippen molar-refractivity contribution in [3.05, 3.63) is 48.3 Å². The van der Waals surface area contributed by atoms with Crippen molar-refractivity contribution in [3.8, 4) is 10.4 Å². The fraction of sp³-hybridized carbons (Fsp3) is 0.364. The molecule has 0 amide bonds. The quantitative estimate of drug-likeness (QED) is 0.530. The molecule has 0 spiro atoms. The minimum absolute atomic E-state index is 0.884. The van der Waals surface area contributed by atoms with Crippen molar-refractivity contribution in [3.63, 3.8) is 0 Å². The molecule has 0 saturated carbocycles. The van der Waals surface area contributed by atoms with Crippen LogP contribution >= 0.6 is 11.3 Å². The summed E-state index contributed by atoms with van der Waals surface area (Å²) in [6, 6.07) is 12.7. The smallest absolute Gasteiger partial charge is 0.181 e. The summed E-state index contributed by atoms with van der Waals surface area (Å²) >= 11 is 1.78. The molecule has 0 unspecified atom stereocenters. The minimum Gasteiger partial charge on any atom is -0.366 e. The highest BCUT2D eigenvalue weighted by molar-refractivity contribution is 7.21. The van der Waals surface area contributed by atoms with Gasteiger partial charge < -0.3 is 10.2 Å². The molecule has 1 N–H and O–H groups in total. The summed E-state index contributed by atoms with van der Waals surface area (Å²) in [4.78, 5) is 14.5. The van der Waals surface area contributed by atoms with E-state index in [-0.39, 0.29) is 0 Å². The standard InChI is InChI=1S/C22H25N5S/c1-16-15-24-21-20(23-10-13-26-11-6-3-7-12-26)25-18-14-19(28-22(18)27(16)21)17-8-4-2-5-9-17/h2,4-5,8-9,14-15H,3,6-7,10-13H2,1H3,(H,23,25). The molecular weight excluding hydrogens is 366 g/mol. The van der Waals surface area contributed by atoms with Crippen LogP contribution in [0, 0.1) is 6.92 Å². The molecule has 28 heavy (non-hydrogen) atoms. The van der Waals surface area contributed by atoms with Gasteiger partial charge in [0.25, 0.3) is 0 Å². The number of rotatable bonds is 5. The van der Waals surface area contributed by atoms with Crippen molar-refractivity contribution in [2.75, 3.05) is 31.5 Å². The van der Waals surface area contributed by atoms with Crippen molar-refractivity contribution in [1.82, 2.24) is 19.3 Å². The molecule has 6 heteroatoms. The van der Waals surface area contributed by atoms with E-state index in [1.165, 1.54) is 42.8 Å². The zero-order chi connectivity index (χ0) is 18.9. The van der Waals surface area contributed by atoms with Gasteiger partial charge in [-0.1, -0.05) is 36.8 Å². The Bertz CT molecular complexity index is 1090. The largest absolute Gasteiger partial charge is 0.366 e. The SMILES string of the molecule is Cc1cnc2c(NCCN3CCCCC3)nc3cc(-c4ccccc4)sc3n12. The maximum Gasteiger partial charge on any atom is 0.181 e. The molecule has 1 aromatic carbocycles. The highest BCUT2D eigenvalue weighted by atomic mass is 32.1. The molecule has 1 fully saturated rings. The molecule has 1 saturated heterocycles. The lowest BCUT2D eigenvalue weighted by atomic mass is 10.1. The second-order valence-electron chi connectivity index (χ2n) is 7.52. The maximum absolute atomic E-state index is 4.94. The number of piperidine rings is 1. The van der Waals surface area contributed by atoms with Gasteiger partial charge in [0, 0.05) is 29.9 Å². The Balaban J connectivity index is 1.48. The number of aromatic nitrogens is 3. The maximum atomic E-state index is 4.94. The lowest BCUT2D eigenvalue weighted by Gasteiger charge is -2.26. The number of fused-ring (bicyclic) bond motifs is 3. The first-order valence-electron chi connectivity index (χ1n) is 10.1. The number of benzene rings is 1. The summed E-state index contributed by atoms with van der Waals surface area (Å²) in [6.45, 7) is 6.51. The average Bonchev–Trinajstić information content (AvgIpc) is 3.33. The van der Waals surface area contributed by atoms with Crippen LogP contribution in [0.2, 0.25) is 0 Å². The third kappa shape index (κ3) is 3.27. The van der Waals surface area contributed by atoms with Crippen LogP contribution in [0.15, 0.2) is 42.6 Å². The van der Waals surface area contributed by atoms with E-state index >= 15 is 0 Å². The second kappa shape index (κ2) is 7.53. The Morgan fingerprint density at radius 1 is 1.11 bits per heavy atom. The third-order valence-corrected chi connectivity index (χ3v) is 6.66. The van der Waals surface area contributed by atoms with E-state index in [1.807, 2.05) is 6.20 Å². The highest BCUT2D eigenvalue weighted by Crippen LogP contribution is 2.35. The number of thiophene rings is 1. The topological polar surface area (TPSA) is 45.5 Å². The van der Waals surface area contributed by atoms with Gasteiger partial charge in [0.05, 0.1) is 0 Å². The summed E-state index contributed by atoms with van der Waals surface area (Å²) in [5, 5.41) is 3.56. The molecule has 5 nitrogen and oxygen atoms in total. The first-order valence-corrected chi connectivity index (χ1v) is 10.9. The second-order valence-corrected chi connectivity index (χ2v) is 8.55. The molecule has 1 aliphatic rings. The Hall–Kier alpha value is -2.44. The van der Waals surface area contributed by atoms with Crippen molar-refractivity contribution in [2.45, 2.75) is 26.2 Å². The molecule has 144 valence electrons. The minimum atomic E-state index is 0.884. The van der Waals surface area contributed by atoms with Crippen LogP contribution in [0.5, 0.6) is 0 Å². The van der Waals surface area contributed by atoms with Gasteiger partial charge in [-0.25, -0.2) is 9.97 Å². The Morgan fingerprint density at radius 2 is 1.93 bits per heavy atom. The van der Waals surface area contributed by atoms with Crippen molar-refractivity contribution < 1.29 is 0 Å². The number of anilines is 1. The number of nitrogens with one attached hydrogen (secondary N) is 1. The molecule has 3 aromatic heterocycles. The predicted octanol–water partition coefficient (Wildman–Crippen LogP) is 4.82. The zero-order valence-corrected chi connectivity index (χ0v) is 17.0. The molecule has 5 rings (SSSR count). The normalized spacial score (nSPS) is 15.5. The molecule has 4 aromatic rings. The molecular formula is C22H25N5S. The van der Waals surface area contributed by atoms with E-state index in [4.69, 9.17) is 4.98 Å². The van der Waals surface area contributed by atoms with E-state index in [2.05, 4.69) is 62.9 Å². The predicted molar refractivity (Wildman–Crippen MR) is 117 cm³/mol. The van der Waals surface area contributed by atoms with E-state index in [0.29, 0.717) is 0 Å². The lowest BCUT2D eigenvalue weighted by Crippen LogP contribution is -2.33. The third-order valence-electron chi connectivity index (χ3n) is 5.51. The van der Waals surface area contributed by atoms with Crippen molar-refractivity contribution in [1.29, 1.82) is 0 Å². The van der Waals surface area contributed by atoms with Gasteiger partial charge >= 0.3 is 0 Å². The zero-order valence-electron chi connectivity index (χ0n) is 16.2. The van der Waals surface area contributed by atoms with Crippen molar-refractivity contribution in [2.24, 2.45) is 0 Å². The fourth-order valence-electron chi connectivity index (χ4n) is 4.02. The first-order chi connectivity index (χ1) is 13.8. The van der Waals surface area contributed by atoms with E-state index in [9.17, 15) is 0 Å². The Labute approximate surface area is 169 Å². The molecule has 0 atom stereocenters. The van der Waals surface area contributed by atoms with Gasteiger partial charge in [0.15, 0.2) is 11.5 Å². The average molecular weight is 392 g/mol. The number of aryl methyl sites for hydroxylation is 1. The van der Waals surface area contributed by atoms with Crippen molar-refractivity contribution >= 4 is 33.1 Å². The molecule has 0 aliphatic carbocycles. The lowest BCUT2D eigenvalue weighted by molar-refractivity contribution is 0.237. The monoisotopic (exact) mass is 391 g/mol. The fourth-order valence-corrected chi connectivity index (χ4v) is 5.19. The van der Waals surface area contributed by atoms with Crippen LogP contribution in [-0.2, 0) is 0 Å². The molecule has 4 heterocycles. The van der Waals surface area contributed by atoms with Gasteiger partial charge in [0.2, 0.25) is 0 Å². The number of imidazole rings is 1. The van der Waals surface area contributed by atoms with Crippen LogP contribution in [0.1, 0.15) is 25.0 Å². The summed E-state index contributed by atoms with van der Waals surface area (Å²) in [5.74, 6) is 0.884. The first kappa shape index (κ1) is 17.6. The summed E-state index contributed by atoms with van der Waals surface area (Å²) in [6.07, 6.45) is 5.96. The van der Waals surface area contributed by atoms with E-state index in [1.54, 1.807) is 11.3 Å². The molecule has 1 aliphatic heterocycles. The van der Waals surface area contributed by atoms with Gasteiger partial charge in [-0.3, -0.25) is 4.40 Å². The number of nitrogens with zero attached hydrogens (tertiary/aromatic N) is 4. The van der Waals surface area contributed by atoms with Crippen LogP contribution in [0.4, 0.5) is 5.82 Å². The highest BCUT2D eigenvalue weighted by Gasteiger charge is 2.16.